The number of rotatable bonds is 5. The van der Waals surface area contributed by atoms with Crippen LogP contribution in [-0.4, -0.2) is 30.1 Å². The Morgan fingerprint density at radius 2 is 2.00 bits per heavy atom. The summed E-state index contributed by atoms with van der Waals surface area (Å²) in [5.41, 5.74) is -0.446. The van der Waals surface area contributed by atoms with Crippen LogP contribution in [-0.2, 0) is 0 Å². The molecule has 0 aliphatic carbocycles. The van der Waals surface area contributed by atoms with Gasteiger partial charge in [-0.25, -0.2) is 4.39 Å². The van der Waals surface area contributed by atoms with Gasteiger partial charge in [0.25, 0.3) is 5.91 Å². The van der Waals surface area contributed by atoms with E-state index < -0.39 is 30.0 Å². The number of unbranched alkanes of at least 4 members (excludes halogenated alkanes) is 1. The lowest BCUT2D eigenvalue weighted by molar-refractivity contribution is -0.140. The first-order chi connectivity index (χ1) is 9.24. The maximum absolute atomic E-state index is 13.5. The number of carbonyl (C=O) groups excluding carboxylic acids is 1. The molecule has 0 aromatic heterocycles. The zero-order valence-electron chi connectivity index (χ0n) is 10.8. The van der Waals surface area contributed by atoms with Gasteiger partial charge in [0.05, 0.1) is 5.56 Å². The minimum atomic E-state index is -4.53. The van der Waals surface area contributed by atoms with Crippen molar-refractivity contribution in [2.75, 3.05) is 13.1 Å². The van der Waals surface area contributed by atoms with Crippen molar-refractivity contribution in [2.24, 2.45) is 0 Å². The van der Waals surface area contributed by atoms with Crippen LogP contribution in [0, 0.1) is 5.82 Å². The van der Waals surface area contributed by atoms with Gasteiger partial charge in [0, 0.05) is 11.6 Å². The zero-order chi connectivity index (χ0) is 15.3. The average Bonchev–Trinajstić information content (AvgIpc) is 2.35. The van der Waals surface area contributed by atoms with E-state index in [1.807, 2.05) is 0 Å². The van der Waals surface area contributed by atoms with Crippen LogP contribution in [0.15, 0.2) is 18.2 Å². The molecule has 0 heterocycles. The third-order valence-corrected chi connectivity index (χ3v) is 2.83. The first-order valence-corrected chi connectivity index (χ1v) is 6.43. The van der Waals surface area contributed by atoms with E-state index in [2.05, 4.69) is 0 Å². The molecule has 0 fully saturated rings. The van der Waals surface area contributed by atoms with Gasteiger partial charge >= 0.3 is 6.18 Å². The minimum absolute atomic E-state index is 0.0825. The summed E-state index contributed by atoms with van der Waals surface area (Å²) >= 11 is 5.64. The van der Waals surface area contributed by atoms with Crippen LogP contribution in [0.2, 0.25) is 5.02 Å². The number of amides is 1. The number of halogens is 5. The molecule has 0 spiro atoms. The summed E-state index contributed by atoms with van der Waals surface area (Å²) in [4.78, 5) is 12.6. The van der Waals surface area contributed by atoms with Crippen LogP contribution < -0.4 is 0 Å². The summed E-state index contributed by atoms with van der Waals surface area (Å²) in [6, 6.07) is 3.23. The highest BCUT2D eigenvalue weighted by Gasteiger charge is 2.33. The van der Waals surface area contributed by atoms with E-state index in [1.54, 1.807) is 6.92 Å². The summed E-state index contributed by atoms with van der Waals surface area (Å²) in [7, 11) is 0. The van der Waals surface area contributed by atoms with E-state index in [0.717, 1.165) is 12.1 Å². The molecule has 1 rings (SSSR count). The Hall–Kier alpha value is -1.30. The third kappa shape index (κ3) is 5.00. The Kier molecular flexibility index (Phi) is 5.80. The molecule has 0 saturated heterocycles. The van der Waals surface area contributed by atoms with Crippen molar-refractivity contribution in [3.8, 4) is 0 Å². The maximum atomic E-state index is 13.5. The summed E-state index contributed by atoms with van der Waals surface area (Å²) in [6.07, 6.45) is -3.50. The van der Waals surface area contributed by atoms with Crippen LogP contribution in [0.4, 0.5) is 17.6 Å². The molecule has 1 amide bonds. The molecule has 7 heteroatoms. The number of carbonyl (C=O) groups is 1. The van der Waals surface area contributed by atoms with E-state index >= 15 is 0 Å². The second-order valence-electron chi connectivity index (χ2n) is 4.32. The molecule has 0 N–H and O–H groups in total. The molecule has 1 aromatic carbocycles. The lowest BCUT2D eigenvalue weighted by Gasteiger charge is -2.24. The first-order valence-electron chi connectivity index (χ1n) is 6.05. The lowest BCUT2D eigenvalue weighted by Crippen LogP contribution is -2.40. The summed E-state index contributed by atoms with van der Waals surface area (Å²) in [5.74, 6) is -1.89. The maximum Gasteiger partial charge on any atom is 0.406 e. The van der Waals surface area contributed by atoms with Gasteiger partial charge in [-0.05, 0) is 24.6 Å². The SMILES string of the molecule is CCCCN(CC(F)(F)F)C(=O)c1cc(Cl)ccc1F. The zero-order valence-corrected chi connectivity index (χ0v) is 11.6. The van der Waals surface area contributed by atoms with Gasteiger partial charge in [0.15, 0.2) is 0 Å². The van der Waals surface area contributed by atoms with Crippen LogP contribution in [0.25, 0.3) is 0 Å². The predicted molar refractivity (Wildman–Crippen MR) is 68.3 cm³/mol. The quantitative estimate of drug-likeness (QED) is 0.743. The molecule has 0 aliphatic rings. The molecule has 1 aromatic rings. The monoisotopic (exact) mass is 311 g/mol. The highest BCUT2D eigenvalue weighted by Crippen LogP contribution is 2.21. The van der Waals surface area contributed by atoms with Crippen molar-refractivity contribution in [1.82, 2.24) is 4.90 Å². The van der Waals surface area contributed by atoms with E-state index in [1.165, 1.54) is 6.07 Å². The second kappa shape index (κ2) is 6.92. The Labute approximate surface area is 119 Å². The van der Waals surface area contributed by atoms with E-state index in [4.69, 9.17) is 11.6 Å². The molecule has 0 bridgehead atoms. The van der Waals surface area contributed by atoms with Crippen molar-refractivity contribution < 1.29 is 22.4 Å². The molecule has 112 valence electrons. The fourth-order valence-corrected chi connectivity index (χ4v) is 1.82. The fourth-order valence-electron chi connectivity index (χ4n) is 1.65. The van der Waals surface area contributed by atoms with E-state index in [9.17, 15) is 22.4 Å². The molecule has 0 saturated carbocycles. The highest BCUT2D eigenvalue weighted by atomic mass is 35.5. The van der Waals surface area contributed by atoms with Gasteiger partial charge in [0.2, 0.25) is 0 Å². The molecule has 20 heavy (non-hydrogen) atoms. The number of benzene rings is 1. The van der Waals surface area contributed by atoms with Crippen LogP contribution in [0.5, 0.6) is 0 Å². The normalized spacial score (nSPS) is 11.5. The standard InChI is InChI=1S/C13H14ClF4NO/c1-2-3-6-19(8-13(16,17)18)12(20)10-7-9(14)4-5-11(10)15/h4-5,7H,2-3,6,8H2,1H3. The Bertz CT molecular complexity index is 476. The molecular weight excluding hydrogens is 298 g/mol. The first kappa shape index (κ1) is 16.8. The third-order valence-electron chi connectivity index (χ3n) is 2.60. The number of nitrogens with zero attached hydrogens (tertiary/aromatic N) is 1. The molecule has 2 nitrogen and oxygen atoms in total. The van der Waals surface area contributed by atoms with Crippen LogP contribution in [0.3, 0.4) is 0 Å². The average molecular weight is 312 g/mol. The van der Waals surface area contributed by atoms with Gasteiger partial charge in [-0.2, -0.15) is 13.2 Å². The lowest BCUT2D eigenvalue weighted by atomic mass is 10.1. The second-order valence-corrected chi connectivity index (χ2v) is 4.76. The van der Waals surface area contributed by atoms with Gasteiger partial charge in [-0.1, -0.05) is 24.9 Å². The summed E-state index contributed by atoms with van der Waals surface area (Å²) in [5, 5.41) is 0.0946. The predicted octanol–water partition coefficient (Wildman–Crippen LogP) is 4.28. The van der Waals surface area contributed by atoms with Crippen molar-refractivity contribution in [3.05, 3.63) is 34.6 Å². The molecule has 0 radical (unpaired) electrons. The highest BCUT2D eigenvalue weighted by molar-refractivity contribution is 6.31. The van der Waals surface area contributed by atoms with Gasteiger partial charge in [0.1, 0.15) is 12.4 Å². The van der Waals surface area contributed by atoms with Crippen molar-refractivity contribution in [1.29, 1.82) is 0 Å². The van der Waals surface area contributed by atoms with E-state index in [-0.39, 0.29) is 11.6 Å². The molecular formula is C13H14ClF4NO. The Morgan fingerprint density at radius 3 is 2.55 bits per heavy atom. The van der Waals surface area contributed by atoms with Gasteiger partial charge in [-0.15, -0.1) is 0 Å². The largest absolute Gasteiger partial charge is 0.406 e. The number of alkyl halides is 3. The van der Waals surface area contributed by atoms with Crippen LogP contribution >= 0.6 is 11.6 Å². The number of hydrogen-bond acceptors (Lipinski definition) is 1. The van der Waals surface area contributed by atoms with Gasteiger partial charge < -0.3 is 4.90 Å². The Balaban J connectivity index is 2.99. The number of hydrogen-bond donors (Lipinski definition) is 0. The fraction of sp³-hybridized carbons (Fsp3) is 0.462. The summed E-state index contributed by atoms with van der Waals surface area (Å²) < 4.78 is 51.0. The molecule has 0 atom stereocenters. The topological polar surface area (TPSA) is 20.3 Å². The summed E-state index contributed by atoms with van der Waals surface area (Å²) in [6.45, 7) is 0.300. The van der Waals surface area contributed by atoms with Crippen molar-refractivity contribution in [2.45, 2.75) is 25.9 Å². The minimum Gasteiger partial charge on any atom is -0.329 e. The van der Waals surface area contributed by atoms with Crippen molar-refractivity contribution in [3.63, 3.8) is 0 Å². The Morgan fingerprint density at radius 1 is 1.35 bits per heavy atom. The smallest absolute Gasteiger partial charge is 0.329 e. The van der Waals surface area contributed by atoms with Crippen LogP contribution in [0.1, 0.15) is 30.1 Å². The van der Waals surface area contributed by atoms with E-state index in [0.29, 0.717) is 17.7 Å². The van der Waals surface area contributed by atoms with Crippen molar-refractivity contribution >= 4 is 17.5 Å². The molecule has 0 unspecified atom stereocenters. The molecule has 0 aliphatic heterocycles. The van der Waals surface area contributed by atoms with Gasteiger partial charge in [-0.3, -0.25) is 4.79 Å².